The van der Waals surface area contributed by atoms with Crippen LogP contribution in [0.5, 0.6) is 0 Å². The number of nitrogens with zero attached hydrogens (tertiary/aromatic N) is 4. The van der Waals surface area contributed by atoms with Crippen molar-refractivity contribution in [3.63, 3.8) is 0 Å². The molecule has 2 aromatic heterocycles. The van der Waals surface area contributed by atoms with Gasteiger partial charge in [-0.2, -0.15) is 9.78 Å². The summed E-state index contributed by atoms with van der Waals surface area (Å²) in [6.45, 7) is 1.06. The second-order valence-electron chi connectivity index (χ2n) is 7.50. The number of nitrogens with one attached hydrogen (secondary N) is 4. The largest absolute Gasteiger partial charge is 0.354 e. The average Bonchev–Trinajstić information content (AvgIpc) is 3.53. The van der Waals surface area contributed by atoms with Crippen molar-refractivity contribution >= 4 is 29.0 Å². The van der Waals surface area contributed by atoms with Crippen LogP contribution in [0, 0.1) is 19.8 Å². The van der Waals surface area contributed by atoms with E-state index in [1.54, 1.807) is 4.68 Å². The summed E-state index contributed by atoms with van der Waals surface area (Å²) in [4.78, 5) is 29.3. The van der Waals surface area contributed by atoms with Gasteiger partial charge in [0, 0.05) is 35.7 Å². The van der Waals surface area contributed by atoms with Gasteiger partial charge >= 0.3 is 5.82 Å². The van der Waals surface area contributed by atoms with Gasteiger partial charge in [-0.25, -0.2) is 0 Å². The summed E-state index contributed by atoms with van der Waals surface area (Å²) in [5.41, 5.74) is 2.33. The SMILES string of the molecule is [2H]C([2H])([2H])NC(=O)c1nnc(NC(=O)C2CC2)cc1Nc1cccc(-c2nc(C)[nH][n+]2C)c1C. The van der Waals surface area contributed by atoms with Crippen LogP contribution in [-0.4, -0.2) is 39.1 Å². The lowest BCUT2D eigenvalue weighted by molar-refractivity contribution is -0.717. The highest BCUT2D eigenvalue weighted by atomic mass is 16.2. The smallest absolute Gasteiger partial charge is 0.351 e. The molecule has 1 aliphatic rings. The molecule has 1 fully saturated rings. The highest BCUT2D eigenvalue weighted by molar-refractivity contribution is 5.99. The van der Waals surface area contributed by atoms with E-state index in [2.05, 4.69) is 30.9 Å². The van der Waals surface area contributed by atoms with Crippen molar-refractivity contribution in [2.75, 3.05) is 17.6 Å². The van der Waals surface area contributed by atoms with Gasteiger partial charge in [0.25, 0.3) is 5.91 Å². The normalized spacial score (nSPS) is 14.9. The summed E-state index contributed by atoms with van der Waals surface area (Å²) >= 11 is 0. The average molecular weight is 425 g/mol. The molecule has 1 aromatic carbocycles. The van der Waals surface area contributed by atoms with Gasteiger partial charge in [-0.3, -0.25) is 9.59 Å². The fraction of sp³-hybridized carbons (Fsp3) is 0.333. The van der Waals surface area contributed by atoms with Gasteiger partial charge in [-0.1, -0.05) is 6.07 Å². The highest BCUT2D eigenvalue weighted by Crippen LogP contribution is 2.32. The number of carbonyl (C=O) groups is 2. The lowest BCUT2D eigenvalue weighted by Gasteiger charge is -2.14. The Morgan fingerprint density at radius 2 is 2.03 bits per heavy atom. The Kier molecular flexibility index (Phi) is 4.44. The van der Waals surface area contributed by atoms with Crippen LogP contribution in [0.25, 0.3) is 11.4 Å². The van der Waals surface area contributed by atoms with Crippen LogP contribution in [0.2, 0.25) is 0 Å². The molecule has 4 N–H and O–H groups in total. The van der Waals surface area contributed by atoms with Gasteiger partial charge in [-0.05, 0) is 42.4 Å². The molecule has 1 aliphatic carbocycles. The molecular formula is C21H25N8O2+. The van der Waals surface area contributed by atoms with Crippen molar-refractivity contribution in [2.45, 2.75) is 26.7 Å². The standard InChI is InChI=1S/C21H24N8O2/c1-11-14(19-23-12(2)28-29(19)4)6-5-7-15(11)24-16-10-17(25-20(30)13-8-9-13)26-27-18(16)21(31)22-3/h5-7,10,13H,8-9H2,1-4H3,(H3,22,24,25,26,30,31)/p+1/i3D3. The summed E-state index contributed by atoms with van der Waals surface area (Å²) in [5.74, 6) is 0.511. The Hall–Kier alpha value is -3.82. The van der Waals surface area contributed by atoms with Gasteiger partial charge in [0.2, 0.25) is 11.7 Å². The number of anilines is 3. The molecule has 2 amide bonds. The molecule has 1 saturated carbocycles. The van der Waals surface area contributed by atoms with E-state index >= 15 is 0 Å². The molecule has 0 unspecified atom stereocenters. The number of hydrogen-bond donors (Lipinski definition) is 4. The van der Waals surface area contributed by atoms with Gasteiger partial charge in [0.15, 0.2) is 11.5 Å². The van der Waals surface area contributed by atoms with E-state index in [0.29, 0.717) is 5.69 Å². The Bertz CT molecular complexity index is 1270. The number of H-pyrrole nitrogens is 1. The Morgan fingerprint density at radius 3 is 2.71 bits per heavy atom. The molecule has 0 saturated heterocycles. The van der Waals surface area contributed by atoms with E-state index in [9.17, 15) is 9.59 Å². The van der Waals surface area contributed by atoms with Crippen LogP contribution in [0.1, 0.15) is 38.8 Å². The first-order chi connectivity index (χ1) is 16.0. The van der Waals surface area contributed by atoms with Gasteiger partial charge in [0.05, 0.1) is 11.3 Å². The van der Waals surface area contributed by atoms with E-state index in [4.69, 9.17) is 4.11 Å². The zero-order valence-electron chi connectivity index (χ0n) is 20.4. The number of carbonyl (C=O) groups excluding carboxylic acids is 2. The number of aromatic nitrogens is 5. The maximum absolute atomic E-state index is 12.6. The Labute approximate surface area is 183 Å². The first-order valence-electron chi connectivity index (χ1n) is 11.3. The van der Waals surface area contributed by atoms with Crippen molar-refractivity contribution in [3.05, 3.63) is 41.3 Å². The van der Waals surface area contributed by atoms with Crippen molar-refractivity contribution in [2.24, 2.45) is 13.0 Å². The molecule has 10 heteroatoms. The van der Waals surface area contributed by atoms with Gasteiger partial charge in [-0.15, -0.1) is 10.2 Å². The minimum atomic E-state index is -2.70. The molecule has 160 valence electrons. The third kappa shape index (κ3) is 4.23. The zero-order valence-corrected chi connectivity index (χ0v) is 17.4. The van der Waals surface area contributed by atoms with Crippen molar-refractivity contribution in [1.82, 2.24) is 25.6 Å². The number of rotatable bonds is 6. The second-order valence-corrected chi connectivity index (χ2v) is 7.50. The van der Waals surface area contributed by atoms with Crippen molar-refractivity contribution in [3.8, 4) is 11.4 Å². The van der Waals surface area contributed by atoms with E-state index < -0.39 is 12.9 Å². The molecule has 0 spiro atoms. The van der Waals surface area contributed by atoms with Crippen LogP contribution in [-0.2, 0) is 11.8 Å². The van der Waals surface area contributed by atoms with Crippen molar-refractivity contribution in [1.29, 1.82) is 0 Å². The van der Waals surface area contributed by atoms with E-state index in [1.165, 1.54) is 6.07 Å². The van der Waals surface area contributed by atoms with Gasteiger partial charge < -0.3 is 16.0 Å². The van der Waals surface area contributed by atoms with Crippen LogP contribution >= 0.6 is 0 Å². The van der Waals surface area contributed by atoms with E-state index in [1.807, 2.05) is 44.4 Å². The topological polar surface area (TPSA) is 129 Å². The molecule has 0 atom stereocenters. The number of benzene rings is 1. The van der Waals surface area contributed by atoms with E-state index in [-0.39, 0.29) is 29.0 Å². The molecule has 0 bridgehead atoms. The van der Waals surface area contributed by atoms with E-state index in [0.717, 1.165) is 35.6 Å². The Morgan fingerprint density at radius 1 is 1.23 bits per heavy atom. The third-order valence-corrected chi connectivity index (χ3v) is 5.09. The number of amides is 2. The molecule has 0 aliphatic heterocycles. The second kappa shape index (κ2) is 8.13. The first kappa shape index (κ1) is 16.9. The minimum Gasteiger partial charge on any atom is -0.354 e. The lowest BCUT2D eigenvalue weighted by Crippen LogP contribution is -2.32. The quantitative estimate of drug-likeness (QED) is 0.446. The number of aryl methyl sites for hydroxylation is 2. The fourth-order valence-electron chi connectivity index (χ4n) is 3.30. The molecule has 3 aromatic rings. The molecule has 0 radical (unpaired) electrons. The van der Waals surface area contributed by atoms with Crippen LogP contribution in [0.15, 0.2) is 24.3 Å². The maximum Gasteiger partial charge on any atom is 0.351 e. The molecule has 31 heavy (non-hydrogen) atoms. The summed E-state index contributed by atoms with van der Waals surface area (Å²) < 4.78 is 23.8. The number of aromatic amines is 1. The molecule has 4 rings (SSSR count). The third-order valence-electron chi connectivity index (χ3n) is 5.09. The van der Waals surface area contributed by atoms with Crippen molar-refractivity contribution < 1.29 is 18.4 Å². The summed E-state index contributed by atoms with van der Waals surface area (Å²) in [7, 11) is 1.85. The predicted molar refractivity (Wildman–Crippen MR) is 115 cm³/mol. The predicted octanol–water partition coefficient (Wildman–Crippen LogP) is 1.76. The Balaban J connectivity index is 1.71. The van der Waals surface area contributed by atoms with Gasteiger partial charge in [0.1, 0.15) is 7.05 Å². The van der Waals surface area contributed by atoms with Crippen LogP contribution < -0.4 is 20.6 Å². The highest BCUT2D eigenvalue weighted by Gasteiger charge is 2.30. The maximum atomic E-state index is 12.6. The molecule has 2 heterocycles. The zero-order chi connectivity index (χ0) is 24.6. The monoisotopic (exact) mass is 424 g/mol. The minimum absolute atomic E-state index is 0.0475. The van der Waals surface area contributed by atoms with Crippen LogP contribution in [0.4, 0.5) is 17.2 Å². The van der Waals surface area contributed by atoms with Crippen LogP contribution in [0.3, 0.4) is 0 Å². The summed E-state index contributed by atoms with van der Waals surface area (Å²) in [6.07, 6.45) is 1.64. The summed E-state index contributed by atoms with van der Waals surface area (Å²) in [5, 5.41) is 18.7. The first-order valence-corrected chi connectivity index (χ1v) is 9.82. The number of hydrogen-bond acceptors (Lipinski definition) is 6. The lowest BCUT2D eigenvalue weighted by atomic mass is 10.1. The summed E-state index contributed by atoms with van der Waals surface area (Å²) in [6, 6.07) is 7.03. The fourth-order valence-corrected chi connectivity index (χ4v) is 3.30. The molecule has 10 nitrogen and oxygen atoms in total. The molecular weight excluding hydrogens is 396 g/mol.